The van der Waals surface area contributed by atoms with Crippen LogP contribution >= 0.6 is 22.9 Å². The van der Waals surface area contributed by atoms with Gasteiger partial charge in [0.25, 0.3) is 5.91 Å². The zero-order valence-electron chi connectivity index (χ0n) is 20.1. The van der Waals surface area contributed by atoms with Crippen molar-refractivity contribution >= 4 is 39.6 Å². The molecule has 0 radical (unpaired) electrons. The van der Waals surface area contributed by atoms with E-state index in [1.54, 1.807) is 11.3 Å². The van der Waals surface area contributed by atoms with Crippen molar-refractivity contribution in [3.05, 3.63) is 106 Å². The average molecular weight is 529 g/mol. The molecule has 0 unspecified atom stereocenters. The van der Waals surface area contributed by atoms with Gasteiger partial charge in [-0.15, -0.1) is 11.3 Å². The van der Waals surface area contributed by atoms with Crippen LogP contribution in [-0.4, -0.2) is 51.6 Å². The van der Waals surface area contributed by atoms with Crippen molar-refractivity contribution in [3.63, 3.8) is 0 Å². The maximum Gasteiger partial charge on any atom is 0.274 e. The standard InChI is InChI=1S/C29H25ClN4O2S/c30-22-10-8-20(9-11-22)18-34-19-31-17-23(34)16-26-32-27(29(35)33-12-14-36-15-13-33)28(37-26)25-7-3-5-21-4-1-2-6-24(21)25/h1-11,17,19H,12-16,18H2. The third-order valence-corrected chi connectivity index (χ3v) is 7.94. The molecule has 8 heteroatoms. The summed E-state index contributed by atoms with van der Waals surface area (Å²) in [6.07, 6.45) is 4.30. The summed E-state index contributed by atoms with van der Waals surface area (Å²) in [5.41, 5.74) is 3.73. The van der Waals surface area contributed by atoms with Gasteiger partial charge in [-0.2, -0.15) is 0 Å². The van der Waals surface area contributed by atoms with E-state index in [0.29, 0.717) is 45.0 Å². The topological polar surface area (TPSA) is 60.2 Å². The Kier molecular flexibility index (Phi) is 6.74. The number of rotatable bonds is 6. The van der Waals surface area contributed by atoms with E-state index >= 15 is 0 Å². The summed E-state index contributed by atoms with van der Waals surface area (Å²) < 4.78 is 7.59. The second-order valence-electron chi connectivity index (χ2n) is 9.03. The smallest absolute Gasteiger partial charge is 0.274 e. The lowest BCUT2D eigenvalue weighted by Gasteiger charge is -2.26. The van der Waals surface area contributed by atoms with Crippen LogP contribution in [0.3, 0.4) is 0 Å². The molecule has 3 heterocycles. The van der Waals surface area contributed by atoms with E-state index < -0.39 is 0 Å². The van der Waals surface area contributed by atoms with Crippen molar-refractivity contribution in [1.82, 2.24) is 19.4 Å². The van der Waals surface area contributed by atoms with Crippen molar-refractivity contribution < 1.29 is 9.53 Å². The second-order valence-corrected chi connectivity index (χ2v) is 10.6. The maximum atomic E-state index is 13.7. The Morgan fingerprint density at radius 2 is 1.78 bits per heavy atom. The first-order chi connectivity index (χ1) is 18.2. The minimum Gasteiger partial charge on any atom is -0.378 e. The van der Waals surface area contributed by atoms with Gasteiger partial charge in [0, 0.05) is 48.5 Å². The third-order valence-electron chi connectivity index (χ3n) is 6.60. The molecule has 1 aliphatic rings. The van der Waals surface area contributed by atoms with E-state index in [1.807, 2.05) is 59.9 Å². The zero-order chi connectivity index (χ0) is 25.2. The molecule has 0 bridgehead atoms. The van der Waals surface area contributed by atoms with Crippen LogP contribution in [0.5, 0.6) is 0 Å². The second kappa shape index (κ2) is 10.5. The lowest BCUT2D eigenvalue weighted by atomic mass is 10.0. The number of halogens is 1. The highest BCUT2D eigenvalue weighted by Crippen LogP contribution is 2.37. The van der Waals surface area contributed by atoms with Crippen molar-refractivity contribution in [3.8, 4) is 10.4 Å². The number of carbonyl (C=O) groups excluding carboxylic acids is 1. The first-order valence-electron chi connectivity index (χ1n) is 12.2. The number of thiazole rings is 1. The van der Waals surface area contributed by atoms with Gasteiger partial charge < -0.3 is 14.2 Å². The van der Waals surface area contributed by atoms with Crippen LogP contribution in [0.15, 0.2) is 79.3 Å². The quantitative estimate of drug-likeness (QED) is 0.274. The minimum atomic E-state index is -0.0385. The van der Waals surface area contributed by atoms with Crippen LogP contribution in [0.25, 0.3) is 21.2 Å². The Labute approximate surface area is 224 Å². The summed E-state index contributed by atoms with van der Waals surface area (Å²) in [6.45, 7) is 2.95. The number of morpholine rings is 1. The molecule has 5 aromatic rings. The van der Waals surface area contributed by atoms with Crippen LogP contribution in [0.1, 0.15) is 26.8 Å². The van der Waals surface area contributed by atoms with Gasteiger partial charge in [0.05, 0.1) is 24.4 Å². The number of imidazole rings is 1. The Bertz CT molecular complexity index is 1550. The SMILES string of the molecule is O=C(c1nc(Cc2cncn2Cc2ccc(Cl)cc2)sc1-c1cccc2ccccc12)N1CCOCC1. The molecule has 1 amide bonds. The van der Waals surface area contributed by atoms with Crippen molar-refractivity contribution in [2.45, 2.75) is 13.0 Å². The van der Waals surface area contributed by atoms with Crippen LogP contribution in [0.4, 0.5) is 0 Å². The Morgan fingerprint density at radius 3 is 2.62 bits per heavy atom. The molecule has 1 aliphatic heterocycles. The molecule has 37 heavy (non-hydrogen) atoms. The molecular formula is C29H25ClN4O2S. The van der Waals surface area contributed by atoms with E-state index in [4.69, 9.17) is 21.3 Å². The lowest BCUT2D eigenvalue weighted by molar-refractivity contribution is 0.0300. The minimum absolute atomic E-state index is 0.0385. The Morgan fingerprint density at radius 1 is 1.00 bits per heavy atom. The zero-order valence-corrected chi connectivity index (χ0v) is 21.7. The molecule has 1 saturated heterocycles. The van der Waals surface area contributed by atoms with Gasteiger partial charge in [-0.25, -0.2) is 9.97 Å². The van der Waals surface area contributed by atoms with E-state index in [2.05, 4.69) is 33.8 Å². The van der Waals surface area contributed by atoms with Crippen molar-refractivity contribution in [2.24, 2.45) is 0 Å². The monoisotopic (exact) mass is 528 g/mol. The highest BCUT2D eigenvalue weighted by Gasteiger charge is 2.26. The fraction of sp³-hybridized carbons (Fsp3) is 0.207. The number of nitrogens with zero attached hydrogens (tertiary/aromatic N) is 4. The number of hydrogen-bond acceptors (Lipinski definition) is 5. The van der Waals surface area contributed by atoms with Gasteiger partial charge in [-0.3, -0.25) is 4.79 Å². The molecule has 0 saturated carbocycles. The Balaban J connectivity index is 1.37. The summed E-state index contributed by atoms with van der Waals surface area (Å²) in [5.74, 6) is -0.0385. The van der Waals surface area contributed by atoms with E-state index in [-0.39, 0.29) is 5.91 Å². The third kappa shape index (κ3) is 5.03. The highest BCUT2D eigenvalue weighted by atomic mass is 35.5. The number of aromatic nitrogens is 3. The maximum absolute atomic E-state index is 13.7. The van der Waals surface area contributed by atoms with Crippen LogP contribution in [0.2, 0.25) is 5.02 Å². The lowest BCUT2D eigenvalue weighted by Crippen LogP contribution is -2.41. The summed E-state index contributed by atoms with van der Waals surface area (Å²) in [6, 6.07) is 22.3. The molecule has 6 rings (SSSR count). The fourth-order valence-electron chi connectivity index (χ4n) is 4.69. The van der Waals surface area contributed by atoms with E-state index in [1.165, 1.54) is 0 Å². The first kappa shape index (κ1) is 23.9. The molecule has 0 aliphatic carbocycles. The summed E-state index contributed by atoms with van der Waals surface area (Å²) in [7, 11) is 0. The van der Waals surface area contributed by atoms with E-state index in [0.717, 1.165) is 42.5 Å². The first-order valence-corrected chi connectivity index (χ1v) is 13.4. The number of carbonyl (C=O) groups is 1. The normalized spacial score (nSPS) is 13.8. The molecule has 186 valence electrons. The van der Waals surface area contributed by atoms with Gasteiger partial charge >= 0.3 is 0 Å². The highest BCUT2D eigenvalue weighted by molar-refractivity contribution is 7.15. The number of benzene rings is 3. The van der Waals surface area contributed by atoms with Gasteiger partial charge in [0.15, 0.2) is 0 Å². The fourth-order valence-corrected chi connectivity index (χ4v) is 5.92. The van der Waals surface area contributed by atoms with E-state index in [9.17, 15) is 4.79 Å². The molecule has 0 N–H and O–H groups in total. The molecule has 0 atom stereocenters. The largest absolute Gasteiger partial charge is 0.378 e. The van der Waals surface area contributed by atoms with Gasteiger partial charge in [0.2, 0.25) is 0 Å². The predicted molar refractivity (Wildman–Crippen MR) is 147 cm³/mol. The molecular weight excluding hydrogens is 504 g/mol. The van der Waals surface area contributed by atoms with Crippen LogP contribution < -0.4 is 0 Å². The van der Waals surface area contributed by atoms with Crippen LogP contribution in [0, 0.1) is 0 Å². The summed E-state index contributed by atoms with van der Waals surface area (Å²) >= 11 is 7.64. The molecule has 0 spiro atoms. The molecule has 6 nitrogen and oxygen atoms in total. The van der Waals surface area contributed by atoms with Gasteiger partial charge in [0.1, 0.15) is 10.7 Å². The summed E-state index contributed by atoms with van der Waals surface area (Å²) in [4.78, 5) is 25.8. The number of hydrogen-bond donors (Lipinski definition) is 0. The summed E-state index contributed by atoms with van der Waals surface area (Å²) in [5, 5.41) is 3.86. The van der Waals surface area contributed by atoms with Crippen molar-refractivity contribution in [2.75, 3.05) is 26.3 Å². The average Bonchev–Trinajstić information content (AvgIpc) is 3.56. The van der Waals surface area contributed by atoms with Crippen molar-refractivity contribution in [1.29, 1.82) is 0 Å². The molecule has 1 fully saturated rings. The van der Waals surface area contributed by atoms with Gasteiger partial charge in [-0.05, 0) is 28.5 Å². The molecule has 3 aromatic carbocycles. The number of fused-ring (bicyclic) bond motifs is 1. The van der Waals surface area contributed by atoms with Gasteiger partial charge in [-0.1, -0.05) is 66.2 Å². The predicted octanol–water partition coefficient (Wildman–Crippen LogP) is 5.92. The number of amides is 1. The molecule has 2 aromatic heterocycles. The Hall–Kier alpha value is -3.52. The number of ether oxygens (including phenoxy) is 1. The van der Waals surface area contributed by atoms with Crippen LogP contribution in [-0.2, 0) is 17.7 Å².